The van der Waals surface area contributed by atoms with Crippen molar-refractivity contribution in [3.63, 3.8) is 0 Å². The van der Waals surface area contributed by atoms with Gasteiger partial charge >= 0.3 is 11.9 Å². The lowest BCUT2D eigenvalue weighted by Crippen LogP contribution is -1.97. The Hall–Kier alpha value is -3.87. The van der Waals surface area contributed by atoms with Gasteiger partial charge in [0, 0.05) is 12.1 Å². The maximum Gasteiger partial charge on any atom is 0.335 e. The molecule has 2 aromatic carbocycles. The Kier molecular flexibility index (Phi) is 4.80. The van der Waals surface area contributed by atoms with Crippen molar-refractivity contribution < 1.29 is 29.3 Å². The molecule has 7 nitrogen and oxygen atoms in total. The summed E-state index contributed by atoms with van der Waals surface area (Å²) < 4.78 is 11.1. The smallest absolute Gasteiger partial charge is 0.335 e. The lowest BCUT2D eigenvalue weighted by atomic mass is 10.2. The largest absolute Gasteiger partial charge is 0.478 e. The fourth-order valence-corrected chi connectivity index (χ4v) is 2.14. The van der Waals surface area contributed by atoms with Crippen molar-refractivity contribution in [3.05, 3.63) is 77.9 Å². The molecule has 0 bridgehead atoms. The topological polar surface area (TPSA) is 106 Å². The van der Waals surface area contributed by atoms with E-state index in [2.05, 4.69) is 4.98 Å². The number of rotatable bonds is 6. The van der Waals surface area contributed by atoms with E-state index in [0.29, 0.717) is 11.5 Å². The average molecular weight is 351 g/mol. The number of pyridine rings is 1. The first-order chi connectivity index (χ1) is 12.5. The fraction of sp³-hybridized carbons (Fsp3) is 0. The third-order valence-corrected chi connectivity index (χ3v) is 3.30. The molecule has 3 aromatic rings. The van der Waals surface area contributed by atoms with Gasteiger partial charge in [0.1, 0.15) is 11.5 Å². The van der Waals surface area contributed by atoms with E-state index in [9.17, 15) is 9.59 Å². The molecule has 0 spiro atoms. The zero-order chi connectivity index (χ0) is 18.5. The molecule has 7 heteroatoms. The molecule has 130 valence electrons. The lowest BCUT2D eigenvalue weighted by Gasteiger charge is -2.08. The molecule has 0 saturated carbocycles. The first-order valence-corrected chi connectivity index (χ1v) is 7.51. The van der Waals surface area contributed by atoms with Gasteiger partial charge in [-0.1, -0.05) is 18.2 Å². The summed E-state index contributed by atoms with van der Waals surface area (Å²) in [6.45, 7) is 0. The second-order valence-corrected chi connectivity index (χ2v) is 5.18. The molecule has 26 heavy (non-hydrogen) atoms. The van der Waals surface area contributed by atoms with Crippen LogP contribution in [-0.4, -0.2) is 27.1 Å². The Morgan fingerprint density at radius 1 is 0.692 bits per heavy atom. The van der Waals surface area contributed by atoms with Crippen LogP contribution in [0.5, 0.6) is 23.3 Å². The number of aromatic carboxylic acids is 2. The minimum Gasteiger partial charge on any atom is -0.478 e. The van der Waals surface area contributed by atoms with Crippen LogP contribution in [0.25, 0.3) is 0 Å². The van der Waals surface area contributed by atoms with Gasteiger partial charge in [-0.2, -0.15) is 4.98 Å². The number of ether oxygens (including phenoxy) is 2. The van der Waals surface area contributed by atoms with E-state index in [1.54, 1.807) is 42.5 Å². The predicted octanol–water partition coefficient (Wildman–Crippen LogP) is 4.06. The Labute approximate surface area is 148 Å². The number of nitrogens with zero attached hydrogens (tertiary/aromatic N) is 1. The second kappa shape index (κ2) is 7.35. The first-order valence-electron chi connectivity index (χ1n) is 7.51. The van der Waals surface area contributed by atoms with Gasteiger partial charge in [-0.15, -0.1) is 0 Å². The minimum atomic E-state index is -1.06. The quantitative estimate of drug-likeness (QED) is 0.689. The zero-order valence-electron chi connectivity index (χ0n) is 13.3. The second-order valence-electron chi connectivity index (χ2n) is 5.18. The van der Waals surface area contributed by atoms with Crippen molar-refractivity contribution in [2.45, 2.75) is 0 Å². The highest BCUT2D eigenvalue weighted by Crippen LogP contribution is 2.25. The van der Waals surface area contributed by atoms with Crippen molar-refractivity contribution in [3.8, 4) is 23.3 Å². The molecule has 0 fully saturated rings. The summed E-state index contributed by atoms with van der Waals surface area (Å²) in [5.74, 6) is -1.05. The van der Waals surface area contributed by atoms with Gasteiger partial charge in [-0.25, -0.2) is 9.59 Å². The van der Waals surface area contributed by atoms with Crippen molar-refractivity contribution in [1.29, 1.82) is 0 Å². The summed E-state index contributed by atoms with van der Waals surface area (Å²) in [4.78, 5) is 26.2. The molecule has 3 rings (SSSR count). The SMILES string of the molecule is O=C(O)c1cccc(Oc2cccc(Oc3cccc(C(=O)O)c3)n2)c1. The Balaban J connectivity index is 1.78. The highest BCUT2D eigenvalue weighted by atomic mass is 16.5. The first kappa shape index (κ1) is 17.0. The van der Waals surface area contributed by atoms with Crippen molar-refractivity contribution >= 4 is 11.9 Å². The molecule has 0 unspecified atom stereocenters. The molecular weight excluding hydrogens is 338 g/mol. The Bertz CT molecular complexity index is 895. The molecule has 1 heterocycles. The molecule has 0 aliphatic heterocycles. The van der Waals surface area contributed by atoms with Gasteiger partial charge in [0.05, 0.1) is 11.1 Å². The molecule has 0 saturated heterocycles. The minimum absolute atomic E-state index is 0.0976. The summed E-state index contributed by atoms with van der Waals surface area (Å²) in [5, 5.41) is 18.0. The van der Waals surface area contributed by atoms with Crippen LogP contribution in [0.3, 0.4) is 0 Å². The van der Waals surface area contributed by atoms with Gasteiger partial charge in [-0.3, -0.25) is 0 Å². The van der Waals surface area contributed by atoms with Crippen LogP contribution in [0.15, 0.2) is 66.7 Å². The third-order valence-electron chi connectivity index (χ3n) is 3.30. The van der Waals surface area contributed by atoms with E-state index >= 15 is 0 Å². The van der Waals surface area contributed by atoms with E-state index < -0.39 is 11.9 Å². The van der Waals surface area contributed by atoms with Crippen molar-refractivity contribution in [2.75, 3.05) is 0 Å². The molecule has 0 atom stereocenters. The van der Waals surface area contributed by atoms with Gasteiger partial charge in [0.15, 0.2) is 0 Å². The van der Waals surface area contributed by atoms with E-state index in [0.717, 1.165) is 0 Å². The Morgan fingerprint density at radius 2 is 1.12 bits per heavy atom. The maximum atomic E-state index is 11.0. The predicted molar refractivity (Wildman–Crippen MR) is 91.2 cm³/mol. The molecule has 1 aromatic heterocycles. The molecule has 0 radical (unpaired) electrons. The molecule has 2 N–H and O–H groups in total. The number of carboxylic acids is 2. The maximum absolute atomic E-state index is 11.0. The van der Waals surface area contributed by atoms with Gasteiger partial charge in [0.2, 0.25) is 11.8 Å². The van der Waals surface area contributed by atoms with E-state index in [-0.39, 0.29) is 22.9 Å². The molecular formula is C19H13NO6. The van der Waals surface area contributed by atoms with Crippen LogP contribution in [0.4, 0.5) is 0 Å². The Morgan fingerprint density at radius 3 is 1.54 bits per heavy atom. The van der Waals surface area contributed by atoms with Crippen LogP contribution in [0, 0.1) is 0 Å². The average Bonchev–Trinajstić information content (AvgIpc) is 2.62. The van der Waals surface area contributed by atoms with Crippen LogP contribution in [0.1, 0.15) is 20.7 Å². The summed E-state index contributed by atoms with van der Waals surface area (Å²) in [5.41, 5.74) is 0.195. The van der Waals surface area contributed by atoms with E-state index in [4.69, 9.17) is 19.7 Å². The van der Waals surface area contributed by atoms with Crippen LogP contribution in [0.2, 0.25) is 0 Å². The number of carboxylic acid groups (broad SMARTS) is 2. The normalized spacial score (nSPS) is 10.2. The number of aromatic nitrogens is 1. The number of benzene rings is 2. The van der Waals surface area contributed by atoms with Crippen molar-refractivity contribution in [2.24, 2.45) is 0 Å². The summed E-state index contributed by atoms with van der Waals surface area (Å²) in [6, 6.07) is 16.9. The monoisotopic (exact) mass is 351 g/mol. The molecule has 0 amide bonds. The highest BCUT2D eigenvalue weighted by Gasteiger charge is 2.08. The highest BCUT2D eigenvalue weighted by molar-refractivity contribution is 5.88. The van der Waals surface area contributed by atoms with Crippen LogP contribution < -0.4 is 9.47 Å². The summed E-state index contributed by atoms with van der Waals surface area (Å²) >= 11 is 0. The lowest BCUT2D eigenvalue weighted by molar-refractivity contribution is 0.0686. The van der Waals surface area contributed by atoms with Crippen molar-refractivity contribution in [1.82, 2.24) is 4.98 Å². The summed E-state index contributed by atoms with van der Waals surface area (Å²) in [6.07, 6.45) is 0. The standard InChI is InChI=1S/C19H13NO6/c21-18(22)12-4-1-6-14(10-12)25-16-8-3-9-17(20-16)26-15-7-2-5-13(11-15)19(23)24/h1-11H,(H,21,22)(H,23,24). The molecule has 0 aliphatic carbocycles. The zero-order valence-corrected chi connectivity index (χ0v) is 13.3. The van der Waals surface area contributed by atoms with Crippen LogP contribution in [-0.2, 0) is 0 Å². The van der Waals surface area contributed by atoms with Gasteiger partial charge < -0.3 is 19.7 Å². The third kappa shape index (κ3) is 4.15. The fourth-order valence-electron chi connectivity index (χ4n) is 2.14. The number of hydrogen-bond donors (Lipinski definition) is 2. The number of carbonyl (C=O) groups is 2. The molecule has 0 aliphatic rings. The van der Waals surface area contributed by atoms with Gasteiger partial charge in [0.25, 0.3) is 0 Å². The number of hydrogen-bond acceptors (Lipinski definition) is 5. The van der Waals surface area contributed by atoms with Gasteiger partial charge in [-0.05, 0) is 36.4 Å². The van der Waals surface area contributed by atoms with E-state index in [1.165, 1.54) is 24.3 Å². The summed E-state index contributed by atoms with van der Waals surface area (Å²) in [7, 11) is 0. The van der Waals surface area contributed by atoms with E-state index in [1.807, 2.05) is 0 Å². The van der Waals surface area contributed by atoms with Crippen LogP contribution >= 0.6 is 0 Å².